The molecule has 5 heterocycles. The van der Waals surface area contributed by atoms with Crippen LogP contribution in [0.2, 0.25) is 0 Å². The molecule has 1 saturated heterocycles. The lowest BCUT2D eigenvalue weighted by atomic mass is 10.1. The highest BCUT2D eigenvalue weighted by Crippen LogP contribution is 2.34. The van der Waals surface area contributed by atoms with Crippen molar-refractivity contribution >= 4 is 17.0 Å². The molecule has 128 valence electrons. The molecule has 1 atom stereocenters. The summed E-state index contributed by atoms with van der Waals surface area (Å²) in [6, 6.07) is 4.66. The Bertz CT molecular complexity index is 926. The Morgan fingerprint density at radius 3 is 3.12 bits per heavy atom. The average Bonchev–Trinajstić information content (AvgIpc) is 3.25. The lowest BCUT2D eigenvalue weighted by Gasteiger charge is -2.32. The second kappa shape index (κ2) is 5.70. The van der Waals surface area contributed by atoms with Gasteiger partial charge in [-0.05, 0) is 44.0 Å². The summed E-state index contributed by atoms with van der Waals surface area (Å²) < 4.78 is 1.87. The molecule has 0 bridgehead atoms. The van der Waals surface area contributed by atoms with E-state index in [9.17, 15) is 0 Å². The molecule has 3 aromatic rings. The van der Waals surface area contributed by atoms with Crippen molar-refractivity contribution in [1.29, 1.82) is 0 Å². The van der Waals surface area contributed by atoms with Crippen LogP contribution in [0.4, 0.5) is 11.5 Å². The number of anilines is 2. The molecule has 0 spiro atoms. The summed E-state index contributed by atoms with van der Waals surface area (Å²) in [6.45, 7) is 5.01. The van der Waals surface area contributed by atoms with E-state index in [4.69, 9.17) is 4.98 Å². The maximum absolute atomic E-state index is 4.90. The zero-order chi connectivity index (χ0) is 16.8. The fourth-order valence-electron chi connectivity index (χ4n) is 3.75. The highest BCUT2D eigenvalue weighted by Gasteiger charge is 2.29. The van der Waals surface area contributed by atoms with Gasteiger partial charge in [0.1, 0.15) is 0 Å². The first-order valence-corrected chi connectivity index (χ1v) is 8.82. The Balaban J connectivity index is 1.56. The molecule has 7 heteroatoms. The third kappa shape index (κ3) is 2.42. The molecule has 1 fully saturated rings. The van der Waals surface area contributed by atoms with E-state index in [1.807, 2.05) is 23.1 Å². The van der Waals surface area contributed by atoms with Crippen LogP contribution >= 0.6 is 0 Å². The lowest BCUT2D eigenvalue weighted by molar-refractivity contribution is 0.438. The van der Waals surface area contributed by atoms with E-state index < -0.39 is 0 Å². The third-order valence-corrected chi connectivity index (χ3v) is 5.11. The number of nitrogens with one attached hydrogen (secondary N) is 2. The molecule has 0 radical (unpaired) electrons. The molecule has 0 aromatic carbocycles. The third-order valence-electron chi connectivity index (χ3n) is 5.11. The maximum Gasteiger partial charge on any atom is 0.165 e. The van der Waals surface area contributed by atoms with Crippen LogP contribution in [0.25, 0.3) is 16.9 Å². The Morgan fingerprint density at radius 1 is 1.28 bits per heavy atom. The fraction of sp³-hybridized carbons (Fsp3) is 0.389. The second-order valence-corrected chi connectivity index (χ2v) is 6.83. The van der Waals surface area contributed by atoms with Gasteiger partial charge >= 0.3 is 0 Å². The van der Waals surface area contributed by atoms with E-state index >= 15 is 0 Å². The highest BCUT2D eigenvalue weighted by atomic mass is 15.4. The van der Waals surface area contributed by atoms with E-state index in [0.717, 1.165) is 48.2 Å². The largest absolute Gasteiger partial charge is 0.363 e. The number of pyridine rings is 1. The van der Waals surface area contributed by atoms with Gasteiger partial charge in [0.2, 0.25) is 0 Å². The summed E-state index contributed by atoms with van der Waals surface area (Å²) in [4.78, 5) is 11.9. The van der Waals surface area contributed by atoms with Crippen molar-refractivity contribution in [2.45, 2.75) is 25.8 Å². The van der Waals surface area contributed by atoms with Gasteiger partial charge in [-0.15, -0.1) is 0 Å². The number of aryl methyl sites for hydroxylation is 1. The molecule has 2 aliphatic rings. The lowest BCUT2D eigenvalue weighted by Crippen LogP contribution is -2.46. The number of fused-ring (bicyclic) bond motifs is 2. The van der Waals surface area contributed by atoms with Crippen molar-refractivity contribution < 1.29 is 0 Å². The molecule has 5 rings (SSSR count). The first kappa shape index (κ1) is 14.7. The smallest absolute Gasteiger partial charge is 0.165 e. The maximum atomic E-state index is 4.90. The van der Waals surface area contributed by atoms with Crippen molar-refractivity contribution in [1.82, 2.24) is 24.9 Å². The molecule has 0 aliphatic carbocycles. The van der Waals surface area contributed by atoms with Gasteiger partial charge in [0.25, 0.3) is 0 Å². The molecule has 2 aliphatic heterocycles. The van der Waals surface area contributed by atoms with E-state index in [2.05, 4.69) is 44.7 Å². The Morgan fingerprint density at radius 2 is 2.24 bits per heavy atom. The topological polar surface area (TPSA) is 70.4 Å². The van der Waals surface area contributed by atoms with Gasteiger partial charge in [-0.2, -0.15) is 5.10 Å². The predicted octanol–water partition coefficient (Wildman–Crippen LogP) is 2.04. The van der Waals surface area contributed by atoms with Gasteiger partial charge in [-0.3, -0.25) is 0 Å². The summed E-state index contributed by atoms with van der Waals surface area (Å²) in [5.41, 5.74) is 4.23. The molecule has 25 heavy (non-hydrogen) atoms. The molecule has 3 aromatic heterocycles. The van der Waals surface area contributed by atoms with Crippen LogP contribution in [-0.2, 0) is 0 Å². The summed E-state index contributed by atoms with van der Waals surface area (Å²) in [6.07, 6.45) is 8.13. The van der Waals surface area contributed by atoms with Crippen LogP contribution in [0, 0.1) is 6.92 Å². The standard InChI is InChI=1S/C18H21N7/c1-12-4-6-25-16(7-12)14(9-22-25)17-20-10-15-18(23-17)24(11-21-15)13-3-2-5-19-8-13/h4,6-7,9-10,13,19,21H,2-3,5,8,11H2,1H3/t13-/m0/s1. The van der Waals surface area contributed by atoms with Crippen molar-refractivity contribution in [2.24, 2.45) is 0 Å². The van der Waals surface area contributed by atoms with Crippen LogP contribution in [0.3, 0.4) is 0 Å². The van der Waals surface area contributed by atoms with Crippen molar-refractivity contribution in [3.05, 3.63) is 36.3 Å². The quantitative estimate of drug-likeness (QED) is 0.747. The predicted molar refractivity (Wildman–Crippen MR) is 97.8 cm³/mol. The van der Waals surface area contributed by atoms with Crippen LogP contribution in [0.1, 0.15) is 18.4 Å². The molecule has 0 saturated carbocycles. The molecule has 2 N–H and O–H groups in total. The average molecular weight is 335 g/mol. The van der Waals surface area contributed by atoms with E-state index in [0.29, 0.717) is 6.04 Å². The van der Waals surface area contributed by atoms with Crippen LogP contribution in [-0.4, -0.2) is 45.4 Å². The number of piperidine rings is 1. The van der Waals surface area contributed by atoms with Crippen molar-refractivity contribution in [2.75, 3.05) is 30.0 Å². The van der Waals surface area contributed by atoms with Gasteiger partial charge in [0, 0.05) is 18.8 Å². The summed E-state index contributed by atoms with van der Waals surface area (Å²) >= 11 is 0. The minimum Gasteiger partial charge on any atom is -0.363 e. The molecule has 0 amide bonds. The van der Waals surface area contributed by atoms with Gasteiger partial charge < -0.3 is 15.5 Å². The number of hydrogen-bond acceptors (Lipinski definition) is 6. The van der Waals surface area contributed by atoms with E-state index in [1.54, 1.807) is 0 Å². The minimum atomic E-state index is 0.483. The van der Waals surface area contributed by atoms with E-state index in [-0.39, 0.29) is 0 Å². The first-order chi connectivity index (χ1) is 12.3. The SMILES string of the molecule is Cc1ccn2ncc(-c3ncc4c(n3)N([C@H]3CCCNC3)CN4)c2c1. The Labute approximate surface area is 146 Å². The van der Waals surface area contributed by atoms with Gasteiger partial charge in [-0.1, -0.05) is 0 Å². The number of aromatic nitrogens is 4. The second-order valence-electron chi connectivity index (χ2n) is 6.83. The number of rotatable bonds is 2. The zero-order valence-electron chi connectivity index (χ0n) is 14.2. The van der Waals surface area contributed by atoms with E-state index in [1.165, 1.54) is 18.4 Å². The monoisotopic (exact) mass is 335 g/mol. The summed E-state index contributed by atoms with van der Waals surface area (Å²) in [5, 5.41) is 11.3. The zero-order valence-corrected chi connectivity index (χ0v) is 14.2. The Kier molecular flexibility index (Phi) is 3.34. The fourth-order valence-corrected chi connectivity index (χ4v) is 3.75. The summed E-state index contributed by atoms with van der Waals surface area (Å²) in [7, 11) is 0. The first-order valence-electron chi connectivity index (χ1n) is 8.82. The van der Waals surface area contributed by atoms with Gasteiger partial charge in [-0.25, -0.2) is 14.5 Å². The normalized spacial score (nSPS) is 19.9. The highest BCUT2D eigenvalue weighted by molar-refractivity contribution is 5.79. The van der Waals surface area contributed by atoms with Crippen LogP contribution in [0.15, 0.2) is 30.7 Å². The Hall–Kier alpha value is -2.67. The van der Waals surface area contributed by atoms with Crippen LogP contribution < -0.4 is 15.5 Å². The van der Waals surface area contributed by atoms with Gasteiger partial charge in [0.05, 0.1) is 35.8 Å². The van der Waals surface area contributed by atoms with Crippen molar-refractivity contribution in [3.8, 4) is 11.4 Å². The molecule has 0 unspecified atom stereocenters. The molecular weight excluding hydrogens is 314 g/mol. The summed E-state index contributed by atoms with van der Waals surface area (Å²) in [5.74, 6) is 1.74. The number of nitrogens with zero attached hydrogens (tertiary/aromatic N) is 5. The minimum absolute atomic E-state index is 0.483. The van der Waals surface area contributed by atoms with Gasteiger partial charge in [0.15, 0.2) is 11.6 Å². The molecule has 7 nitrogen and oxygen atoms in total. The molecular formula is C18H21N7. The van der Waals surface area contributed by atoms with Crippen LogP contribution in [0.5, 0.6) is 0 Å². The van der Waals surface area contributed by atoms with Crippen molar-refractivity contribution in [3.63, 3.8) is 0 Å². The number of hydrogen-bond donors (Lipinski definition) is 2.